The molecule has 0 aliphatic carbocycles. The monoisotopic (exact) mass is 292 g/mol. The standard InChI is InChI=1S/C17H28N2O2/c1-5-21-16-8-6-7-15(11-16)12-19-14(4)17(20)18-10-9-13(2)3/h6-8,11,13-14,19H,5,9-10,12H2,1-4H3,(H,18,20). The van der Waals surface area contributed by atoms with Crippen LogP contribution in [0.5, 0.6) is 5.75 Å². The summed E-state index contributed by atoms with van der Waals surface area (Å²) in [6.45, 7) is 10.2. The molecule has 1 unspecified atom stereocenters. The van der Waals surface area contributed by atoms with Crippen LogP contribution in [-0.4, -0.2) is 25.1 Å². The van der Waals surface area contributed by atoms with Crippen LogP contribution in [0.4, 0.5) is 0 Å². The van der Waals surface area contributed by atoms with E-state index in [0.29, 0.717) is 19.1 Å². The van der Waals surface area contributed by atoms with Crippen LogP contribution in [-0.2, 0) is 11.3 Å². The van der Waals surface area contributed by atoms with E-state index >= 15 is 0 Å². The molecule has 1 atom stereocenters. The van der Waals surface area contributed by atoms with Crippen molar-refractivity contribution in [2.75, 3.05) is 13.2 Å². The van der Waals surface area contributed by atoms with Crippen LogP contribution < -0.4 is 15.4 Å². The number of ether oxygens (including phenoxy) is 1. The molecule has 0 aliphatic heterocycles. The van der Waals surface area contributed by atoms with E-state index in [2.05, 4.69) is 24.5 Å². The predicted molar refractivity (Wildman–Crippen MR) is 86.4 cm³/mol. The van der Waals surface area contributed by atoms with Crippen molar-refractivity contribution in [3.8, 4) is 5.75 Å². The first-order chi connectivity index (χ1) is 10.0. The van der Waals surface area contributed by atoms with Gasteiger partial charge in [0.05, 0.1) is 12.6 Å². The van der Waals surface area contributed by atoms with E-state index in [1.54, 1.807) is 0 Å². The Bertz CT molecular complexity index is 433. The van der Waals surface area contributed by atoms with Crippen LogP contribution in [0.15, 0.2) is 24.3 Å². The third-order valence-corrected chi connectivity index (χ3v) is 3.24. The highest BCUT2D eigenvalue weighted by molar-refractivity contribution is 5.81. The Morgan fingerprint density at radius 2 is 2.05 bits per heavy atom. The molecule has 0 heterocycles. The highest BCUT2D eigenvalue weighted by Crippen LogP contribution is 2.13. The summed E-state index contributed by atoms with van der Waals surface area (Å²) < 4.78 is 5.47. The molecule has 0 saturated heterocycles. The number of carbonyl (C=O) groups is 1. The molecule has 4 heteroatoms. The summed E-state index contributed by atoms with van der Waals surface area (Å²) in [5.74, 6) is 1.53. The molecule has 118 valence electrons. The summed E-state index contributed by atoms with van der Waals surface area (Å²) in [5, 5.41) is 6.19. The molecule has 0 radical (unpaired) electrons. The van der Waals surface area contributed by atoms with Gasteiger partial charge in [-0.3, -0.25) is 4.79 Å². The van der Waals surface area contributed by atoms with Gasteiger partial charge in [0.2, 0.25) is 5.91 Å². The number of rotatable bonds is 9. The Morgan fingerprint density at radius 1 is 1.29 bits per heavy atom. The van der Waals surface area contributed by atoms with Crippen molar-refractivity contribution >= 4 is 5.91 Å². The molecule has 4 nitrogen and oxygen atoms in total. The van der Waals surface area contributed by atoms with E-state index in [1.807, 2.05) is 38.1 Å². The van der Waals surface area contributed by atoms with E-state index in [9.17, 15) is 4.79 Å². The highest BCUT2D eigenvalue weighted by atomic mass is 16.5. The normalized spacial score (nSPS) is 12.2. The van der Waals surface area contributed by atoms with Gasteiger partial charge in [-0.25, -0.2) is 0 Å². The summed E-state index contributed by atoms with van der Waals surface area (Å²) in [5.41, 5.74) is 1.11. The lowest BCUT2D eigenvalue weighted by molar-refractivity contribution is -0.122. The van der Waals surface area contributed by atoms with Crippen LogP contribution in [0.25, 0.3) is 0 Å². The molecule has 0 aromatic heterocycles. The molecule has 1 rings (SSSR count). The quantitative estimate of drug-likeness (QED) is 0.736. The fourth-order valence-corrected chi connectivity index (χ4v) is 1.91. The molecule has 0 bridgehead atoms. The predicted octanol–water partition coefficient (Wildman–Crippen LogP) is 2.73. The first-order valence-corrected chi connectivity index (χ1v) is 7.75. The van der Waals surface area contributed by atoms with Gasteiger partial charge in [-0.2, -0.15) is 0 Å². The van der Waals surface area contributed by atoms with Gasteiger partial charge in [-0.05, 0) is 43.9 Å². The van der Waals surface area contributed by atoms with Crippen LogP contribution in [0.2, 0.25) is 0 Å². The van der Waals surface area contributed by atoms with Crippen LogP contribution in [0, 0.1) is 5.92 Å². The topological polar surface area (TPSA) is 50.4 Å². The molecule has 1 aromatic rings. The molecule has 0 fully saturated rings. The van der Waals surface area contributed by atoms with Crippen molar-refractivity contribution in [3.05, 3.63) is 29.8 Å². The second-order valence-corrected chi connectivity index (χ2v) is 5.66. The maximum Gasteiger partial charge on any atom is 0.236 e. The molecule has 0 spiro atoms. The third kappa shape index (κ3) is 7.14. The molecular formula is C17H28N2O2. The van der Waals surface area contributed by atoms with Gasteiger partial charge in [0.15, 0.2) is 0 Å². The second-order valence-electron chi connectivity index (χ2n) is 5.66. The van der Waals surface area contributed by atoms with Gasteiger partial charge in [-0.15, -0.1) is 0 Å². The van der Waals surface area contributed by atoms with Gasteiger partial charge in [0, 0.05) is 13.1 Å². The first kappa shape index (κ1) is 17.5. The lowest BCUT2D eigenvalue weighted by Gasteiger charge is -2.15. The van der Waals surface area contributed by atoms with Gasteiger partial charge in [0.25, 0.3) is 0 Å². The minimum atomic E-state index is -0.201. The van der Waals surface area contributed by atoms with Gasteiger partial charge in [-0.1, -0.05) is 26.0 Å². The molecule has 0 aliphatic rings. The average Bonchev–Trinajstić information content (AvgIpc) is 2.45. The second kappa shape index (κ2) is 9.40. The molecule has 21 heavy (non-hydrogen) atoms. The van der Waals surface area contributed by atoms with E-state index < -0.39 is 0 Å². The molecular weight excluding hydrogens is 264 g/mol. The van der Waals surface area contributed by atoms with Crippen molar-refractivity contribution in [3.63, 3.8) is 0 Å². The maximum absolute atomic E-state index is 11.9. The van der Waals surface area contributed by atoms with Gasteiger partial charge in [0.1, 0.15) is 5.75 Å². The summed E-state index contributed by atoms with van der Waals surface area (Å²) in [4.78, 5) is 11.9. The minimum absolute atomic E-state index is 0.0524. The third-order valence-electron chi connectivity index (χ3n) is 3.24. The smallest absolute Gasteiger partial charge is 0.236 e. The fourth-order valence-electron chi connectivity index (χ4n) is 1.91. The zero-order chi connectivity index (χ0) is 15.7. The number of hydrogen-bond acceptors (Lipinski definition) is 3. The minimum Gasteiger partial charge on any atom is -0.494 e. The number of nitrogens with one attached hydrogen (secondary N) is 2. The number of amides is 1. The molecule has 2 N–H and O–H groups in total. The number of hydrogen-bond donors (Lipinski definition) is 2. The summed E-state index contributed by atoms with van der Waals surface area (Å²) in [6.07, 6.45) is 1.01. The van der Waals surface area contributed by atoms with Crippen LogP contribution in [0.3, 0.4) is 0 Å². The molecule has 0 saturated carbocycles. The Morgan fingerprint density at radius 3 is 2.71 bits per heavy atom. The number of benzene rings is 1. The average molecular weight is 292 g/mol. The lowest BCUT2D eigenvalue weighted by Crippen LogP contribution is -2.42. The first-order valence-electron chi connectivity index (χ1n) is 7.75. The Balaban J connectivity index is 2.36. The number of carbonyl (C=O) groups excluding carboxylic acids is 1. The molecule has 1 amide bonds. The molecule has 1 aromatic carbocycles. The maximum atomic E-state index is 11.9. The van der Waals surface area contributed by atoms with E-state index in [-0.39, 0.29) is 11.9 Å². The zero-order valence-electron chi connectivity index (χ0n) is 13.6. The highest BCUT2D eigenvalue weighted by Gasteiger charge is 2.11. The van der Waals surface area contributed by atoms with Crippen LogP contribution in [0.1, 0.15) is 39.7 Å². The van der Waals surface area contributed by atoms with E-state index in [0.717, 1.165) is 24.3 Å². The van der Waals surface area contributed by atoms with Gasteiger partial charge >= 0.3 is 0 Å². The lowest BCUT2D eigenvalue weighted by atomic mass is 10.1. The SMILES string of the molecule is CCOc1cccc(CNC(C)C(=O)NCCC(C)C)c1. The van der Waals surface area contributed by atoms with Crippen molar-refractivity contribution < 1.29 is 9.53 Å². The zero-order valence-corrected chi connectivity index (χ0v) is 13.6. The Kier molecular flexibility index (Phi) is 7.83. The largest absolute Gasteiger partial charge is 0.494 e. The summed E-state index contributed by atoms with van der Waals surface area (Å²) in [6, 6.07) is 7.73. The van der Waals surface area contributed by atoms with Crippen molar-refractivity contribution in [2.45, 2.75) is 46.7 Å². The van der Waals surface area contributed by atoms with Crippen molar-refractivity contribution in [2.24, 2.45) is 5.92 Å². The van der Waals surface area contributed by atoms with Gasteiger partial charge < -0.3 is 15.4 Å². The van der Waals surface area contributed by atoms with Crippen molar-refractivity contribution in [1.29, 1.82) is 0 Å². The fraction of sp³-hybridized carbons (Fsp3) is 0.588. The van der Waals surface area contributed by atoms with E-state index in [4.69, 9.17) is 4.74 Å². The Labute approximate surface area is 128 Å². The summed E-state index contributed by atoms with van der Waals surface area (Å²) >= 11 is 0. The van der Waals surface area contributed by atoms with Crippen LogP contribution >= 0.6 is 0 Å². The Hall–Kier alpha value is -1.55. The van der Waals surface area contributed by atoms with Crippen molar-refractivity contribution in [1.82, 2.24) is 10.6 Å². The van der Waals surface area contributed by atoms with E-state index in [1.165, 1.54) is 0 Å². The summed E-state index contributed by atoms with van der Waals surface area (Å²) in [7, 11) is 0.